The Morgan fingerprint density at radius 2 is 1.92 bits per heavy atom. The molecule has 1 unspecified atom stereocenters. The second kappa shape index (κ2) is 10.2. The zero-order valence-corrected chi connectivity index (χ0v) is 15.6. The van der Waals surface area contributed by atoms with E-state index in [-0.39, 0.29) is 36.8 Å². The lowest BCUT2D eigenvalue weighted by molar-refractivity contribution is -0.122. The van der Waals surface area contributed by atoms with Gasteiger partial charge < -0.3 is 11.1 Å². The molecule has 1 aromatic heterocycles. The van der Waals surface area contributed by atoms with Crippen LogP contribution in [0.25, 0.3) is 0 Å². The molecule has 7 heteroatoms. The predicted octanol–water partition coefficient (Wildman–Crippen LogP) is 3.50. The van der Waals surface area contributed by atoms with Gasteiger partial charge in [0, 0.05) is 6.54 Å². The van der Waals surface area contributed by atoms with E-state index in [1.807, 2.05) is 18.2 Å². The van der Waals surface area contributed by atoms with Gasteiger partial charge in [0.1, 0.15) is 5.82 Å². The van der Waals surface area contributed by atoms with Crippen LogP contribution >= 0.6 is 24.8 Å². The Morgan fingerprint density at radius 3 is 2.60 bits per heavy atom. The number of pyridine rings is 1. The van der Waals surface area contributed by atoms with Crippen molar-refractivity contribution in [2.75, 3.05) is 17.6 Å². The molecule has 1 aliphatic rings. The molecule has 2 heterocycles. The van der Waals surface area contributed by atoms with Gasteiger partial charge in [0.15, 0.2) is 0 Å². The van der Waals surface area contributed by atoms with Crippen molar-refractivity contribution in [2.24, 2.45) is 0 Å². The molecule has 0 bridgehead atoms. The third-order valence-electron chi connectivity index (χ3n) is 4.20. The molecular formula is C18H24Cl2N4O. The fourth-order valence-corrected chi connectivity index (χ4v) is 3.00. The Balaban J connectivity index is 0.00000156. The standard InChI is InChI=1S/C18H22N4O.2ClH/c19-17-10-9-15(12-20-17)21-18(23)16-8-4-5-11-22(16)13-14-6-2-1-3-7-14;;/h1-3,6-7,9-10,12,16H,4-5,8,11,13H2,(H2,19,20)(H,21,23);2*1H. The van der Waals surface area contributed by atoms with Crippen LogP contribution in [0.2, 0.25) is 0 Å². The Morgan fingerprint density at radius 1 is 1.16 bits per heavy atom. The van der Waals surface area contributed by atoms with Crippen molar-refractivity contribution < 1.29 is 4.79 Å². The molecule has 0 aliphatic carbocycles. The van der Waals surface area contributed by atoms with Crippen molar-refractivity contribution in [2.45, 2.75) is 31.8 Å². The van der Waals surface area contributed by atoms with Crippen LogP contribution in [0, 0.1) is 0 Å². The number of amides is 1. The fraction of sp³-hybridized carbons (Fsp3) is 0.333. The zero-order valence-electron chi connectivity index (χ0n) is 13.9. The Labute approximate surface area is 160 Å². The average molecular weight is 383 g/mol. The second-order valence-electron chi connectivity index (χ2n) is 5.93. The van der Waals surface area contributed by atoms with E-state index in [9.17, 15) is 4.79 Å². The van der Waals surface area contributed by atoms with Crippen molar-refractivity contribution >= 4 is 42.2 Å². The molecule has 0 saturated carbocycles. The molecule has 1 aromatic carbocycles. The molecule has 5 nitrogen and oxygen atoms in total. The summed E-state index contributed by atoms with van der Waals surface area (Å²) in [4.78, 5) is 18.9. The molecule has 0 spiro atoms. The molecule has 1 fully saturated rings. The molecular weight excluding hydrogens is 359 g/mol. The number of likely N-dealkylation sites (tertiary alicyclic amines) is 1. The lowest BCUT2D eigenvalue weighted by atomic mass is 10.0. The lowest BCUT2D eigenvalue weighted by Gasteiger charge is -2.34. The number of carbonyl (C=O) groups excluding carboxylic acids is 1. The number of benzene rings is 1. The van der Waals surface area contributed by atoms with E-state index in [4.69, 9.17) is 5.73 Å². The van der Waals surface area contributed by atoms with Crippen molar-refractivity contribution in [1.29, 1.82) is 0 Å². The third-order valence-corrected chi connectivity index (χ3v) is 4.20. The number of aromatic nitrogens is 1. The highest BCUT2D eigenvalue weighted by Crippen LogP contribution is 2.21. The quantitative estimate of drug-likeness (QED) is 0.848. The Bertz CT molecular complexity index is 652. The third kappa shape index (κ3) is 5.88. The molecule has 3 N–H and O–H groups in total. The first-order valence-electron chi connectivity index (χ1n) is 8.03. The maximum Gasteiger partial charge on any atom is 0.241 e. The van der Waals surface area contributed by atoms with E-state index < -0.39 is 0 Å². The first-order chi connectivity index (χ1) is 11.2. The summed E-state index contributed by atoms with van der Waals surface area (Å²) >= 11 is 0. The van der Waals surface area contributed by atoms with Crippen molar-refractivity contribution in [3.05, 3.63) is 54.2 Å². The molecule has 3 rings (SSSR count). The number of nitrogen functional groups attached to an aromatic ring is 1. The monoisotopic (exact) mass is 382 g/mol. The van der Waals surface area contributed by atoms with Gasteiger partial charge in [-0.3, -0.25) is 9.69 Å². The van der Waals surface area contributed by atoms with E-state index in [1.54, 1.807) is 18.3 Å². The smallest absolute Gasteiger partial charge is 0.241 e. The summed E-state index contributed by atoms with van der Waals surface area (Å²) in [5, 5.41) is 2.96. The van der Waals surface area contributed by atoms with Gasteiger partial charge in [-0.05, 0) is 37.1 Å². The van der Waals surface area contributed by atoms with Gasteiger partial charge >= 0.3 is 0 Å². The largest absolute Gasteiger partial charge is 0.384 e. The van der Waals surface area contributed by atoms with Crippen LogP contribution in [0.1, 0.15) is 24.8 Å². The van der Waals surface area contributed by atoms with Crippen LogP contribution < -0.4 is 11.1 Å². The van der Waals surface area contributed by atoms with E-state index in [0.717, 1.165) is 32.4 Å². The number of nitrogens with two attached hydrogens (primary N) is 1. The number of halogens is 2. The number of piperidine rings is 1. The number of nitrogens with zero attached hydrogens (tertiary/aromatic N) is 2. The van der Waals surface area contributed by atoms with Crippen molar-refractivity contribution in [1.82, 2.24) is 9.88 Å². The number of hydrogen-bond donors (Lipinski definition) is 2. The van der Waals surface area contributed by atoms with Gasteiger partial charge in [-0.25, -0.2) is 4.98 Å². The molecule has 2 aromatic rings. The van der Waals surface area contributed by atoms with Crippen LogP contribution in [-0.2, 0) is 11.3 Å². The van der Waals surface area contributed by atoms with Gasteiger partial charge in [-0.1, -0.05) is 36.8 Å². The van der Waals surface area contributed by atoms with Gasteiger partial charge in [-0.15, -0.1) is 24.8 Å². The van der Waals surface area contributed by atoms with Crippen LogP contribution in [0.5, 0.6) is 0 Å². The zero-order chi connectivity index (χ0) is 16.1. The topological polar surface area (TPSA) is 71.2 Å². The SMILES string of the molecule is Cl.Cl.Nc1ccc(NC(=O)C2CCCCN2Cc2ccccc2)cn1. The lowest BCUT2D eigenvalue weighted by Crippen LogP contribution is -2.46. The number of hydrogen-bond acceptors (Lipinski definition) is 4. The summed E-state index contributed by atoms with van der Waals surface area (Å²) in [7, 11) is 0. The molecule has 25 heavy (non-hydrogen) atoms. The van der Waals surface area contributed by atoms with E-state index in [1.165, 1.54) is 5.56 Å². The summed E-state index contributed by atoms with van der Waals surface area (Å²) in [5.41, 5.74) is 7.50. The van der Waals surface area contributed by atoms with Crippen molar-refractivity contribution in [3.63, 3.8) is 0 Å². The van der Waals surface area contributed by atoms with Gasteiger partial charge in [-0.2, -0.15) is 0 Å². The van der Waals surface area contributed by atoms with Crippen LogP contribution in [-0.4, -0.2) is 28.4 Å². The minimum atomic E-state index is -0.0958. The average Bonchev–Trinajstić information content (AvgIpc) is 2.58. The first kappa shape index (κ1) is 21.2. The number of nitrogens with one attached hydrogen (secondary N) is 1. The molecule has 1 atom stereocenters. The van der Waals surface area contributed by atoms with E-state index in [2.05, 4.69) is 27.3 Å². The molecule has 1 amide bonds. The minimum absolute atomic E-state index is 0. The molecule has 1 aliphatic heterocycles. The summed E-state index contributed by atoms with van der Waals surface area (Å²) in [6, 6.07) is 13.7. The Kier molecular flexibility index (Phi) is 8.69. The Hall–Kier alpha value is -1.82. The number of carbonyl (C=O) groups is 1. The summed E-state index contributed by atoms with van der Waals surface area (Å²) in [5.74, 6) is 0.485. The van der Waals surface area contributed by atoms with Crippen LogP contribution in [0.15, 0.2) is 48.7 Å². The highest BCUT2D eigenvalue weighted by atomic mass is 35.5. The molecule has 1 saturated heterocycles. The van der Waals surface area contributed by atoms with Crippen LogP contribution in [0.3, 0.4) is 0 Å². The van der Waals surface area contributed by atoms with E-state index in [0.29, 0.717) is 11.5 Å². The second-order valence-corrected chi connectivity index (χ2v) is 5.93. The summed E-state index contributed by atoms with van der Waals surface area (Å²) in [6.07, 6.45) is 4.71. The number of anilines is 2. The van der Waals surface area contributed by atoms with E-state index >= 15 is 0 Å². The molecule has 136 valence electrons. The minimum Gasteiger partial charge on any atom is -0.384 e. The maximum atomic E-state index is 12.6. The predicted molar refractivity (Wildman–Crippen MR) is 106 cm³/mol. The van der Waals surface area contributed by atoms with Gasteiger partial charge in [0.25, 0.3) is 0 Å². The summed E-state index contributed by atoms with van der Waals surface area (Å²) in [6.45, 7) is 1.76. The summed E-state index contributed by atoms with van der Waals surface area (Å²) < 4.78 is 0. The highest BCUT2D eigenvalue weighted by molar-refractivity contribution is 5.94. The normalized spacial score (nSPS) is 17.0. The molecule has 0 radical (unpaired) electrons. The van der Waals surface area contributed by atoms with Gasteiger partial charge in [0.2, 0.25) is 5.91 Å². The fourth-order valence-electron chi connectivity index (χ4n) is 3.00. The van der Waals surface area contributed by atoms with Crippen molar-refractivity contribution in [3.8, 4) is 0 Å². The van der Waals surface area contributed by atoms with Gasteiger partial charge in [0.05, 0.1) is 17.9 Å². The first-order valence-corrected chi connectivity index (χ1v) is 8.03. The number of rotatable bonds is 4. The van der Waals surface area contributed by atoms with Crippen LogP contribution in [0.4, 0.5) is 11.5 Å². The highest BCUT2D eigenvalue weighted by Gasteiger charge is 2.28. The maximum absolute atomic E-state index is 12.6.